The fraction of sp³-hybridized carbons (Fsp3) is 0.364. The standard InChI is InChI=1S/C33H33FN4O5/c1-32(2,3)42-31(41)43-38-12-11-37-16-22(20-8-6-7-18(15-38)27(20)37)25-26(30(40)35-29(25)39)23-17-36-10-9-33(4,5)24-14-19(34)13-21(23)28(24)36/h6-8,13-14,16-17H,9-12,15H2,1-5H3,(H,35,39,40). The van der Waals surface area contributed by atoms with Crippen LogP contribution in [0, 0.1) is 5.82 Å². The lowest BCUT2D eigenvalue weighted by Crippen LogP contribution is -2.32. The van der Waals surface area contributed by atoms with E-state index in [1.165, 1.54) is 6.07 Å². The summed E-state index contributed by atoms with van der Waals surface area (Å²) in [5.74, 6) is -1.35. The van der Waals surface area contributed by atoms with Gasteiger partial charge in [-0.25, -0.2) is 9.18 Å². The molecular weight excluding hydrogens is 551 g/mol. The van der Waals surface area contributed by atoms with Crippen molar-refractivity contribution in [2.75, 3.05) is 6.54 Å². The molecule has 3 aliphatic heterocycles. The van der Waals surface area contributed by atoms with Crippen molar-refractivity contribution in [2.45, 2.75) is 71.7 Å². The van der Waals surface area contributed by atoms with Crippen LogP contribution in [-0.2, 0) is 44.2 Å². The minimum atomic E-state index is -0.769. The van der Waals surface area contributed by atoms with Gasteiger partial charge in [0.05, 0.1) is 35.3 Å². The lowest BCUT2D eigenvalue weighted by molar-refractivity contribution is -0.148. The van der Waals surface area contributed by atoms with Crippen molar-refractivity contribution in [1.29, 1.82) is 0 Å². The third-order valence-corrected chi connectivity index (χ3v) is 8.63. The molecule has 222 valence electrons. The molecule has 0 atom stereocenters. The third-order valence-electron chi connectivity index (χ3n) is 8.63. The van der Waals surface area contributed by atoms with E-state index in [9.17, 15) is 14.4 Å². The van der Waals surface area contributed by atoms with Crippen LogP contribution in [0.25, 0.3) is 33.0 Å². The van der Waals surface area contributed by atoms with Crippen molar-refractivity contribution in [3.05, 3.63) is 70.8 Å². The van der Waals surface area contributed by atoms with Crippen LogP contribution in [-0.4, -0.2) is 44.3 Å². The highest BCUT2D eigenvalue weighted by atomic mass is 19.1. The van der Waals surface area contributed by atoms with Crippen LogP contribution in [0.1, 0.15) is 63.3 Å². The van der Waals surface area contributed by atoms with E-state index < -0.39 is 23.6 Å². The van der Waals surface area contributed by atoms with Gasteiger partial charge in [0.2, 0.25) is 0 Å². The number of para-hydroxylation sites is 1. The van der Waals surface area contributed by atoms with Crippen LogP contribution < -0.4 is 5.32 Å². The van der Waals surface area contributed by atoms with Crippen LogP contribution in [0.5, 0.6) is 0 Å². The molecule has 4 aromatic rings. The zero-order valence-electron chi connectivity index (χ0n) is 24.8. The van der Waals surface area contributed by atoms with E-state index in [4.69, 9.17) is 9.57 Å². The molecule has 2 aromatic heterocycles. The number of hydrogen-bond donors (Lipinski definition) is 1. The molecule has 3 aliphatic rings. The second-order valence-corrected chi connectivity index (χ2v) is 13.2. The first-order valence-electron chi connectivity index (χ1n) is 14.5. The maximum atomic E-state index is 15.0. The predicted octanol–water partition coefficient (Wildman–Crippen LogP) is 5.67. The van der Waals surface area contributed by atoms with E-state index in [1.54, 1.807) is 31.9 Å². The van der Waals surface area contributed by atoms with Gasteiger partial charge in [0.1, 0.15) is 11.4 Å². The van der Waals surface area contributed by atoms with Crippen molar-refractivity contribution < 1.29 is 28.3 Å². The number of nitrogens with zero attached hydrogens (tertiary/aromatic N) is 3. The number of hydrogen-bond acceptors (Lipinski definition) is 6. The van der Waals surface area contributed by atoms with Crippen molar-refractivity contribution in [2.24, 2.45) is 0 Å². The highest BCUT2D eigenvalue weighted by Gasteiger charge is 2.38. The predicted molar refractivity (Wildman–Crippen MR) is 159 cm³/mol. The van der Waals surface area contributed by atoms with Crippen LogP contribution in [0.2, 0.25) is 0 Å². The maximum absolute atomic E-state index is 15.0. The molecule has 0 aliphatic carbocycles. The fourth-order valence-corrected chi connectivity index (χ4v) is 6.68. The Morgan fingerprint density at radius 2 is 1.60 bits per heavy atom. The summed E-state index contributed by atoms with van der Waals surface area (Å²) in [6.07, 6.45) is 3.82. The van der Waals surface area contributed by atoms with E-state index in [1.807, 2.05) is 35.2 Å². The largest absolute Gasteiger partial charge is 0.528 e. The molecule has 0 unspecified atom stereocenters. The molecule has 1 N–H and O–H groups in total. The summed E-state index contributed by atoms with van der Waals surface area (Å²) in [6.45, 7) is 11.4. The Bertz CT molecular complexity index is 1920. The first kappa shape index (κ1) is 27.4. The number of hydroxylamine groups is 2. The van der Waals surface area contributed by atoms with Gasteiger partial charge in [-0.15, -0.1) is 5.06 Å². The summed E-state index contributed by atoms with van der Waals surface area (Å²) in [6, 6.07) is 8.80. The summed E-state index contributed by atoms with van der Waals surface area (Å²) < 4.78 is 24.4. The second kappa shape index (κ2) is 9.28. The first-order valence-corrected chi connectivity index (χ1v) is 14.5. The molecule has 0 spiro atoms. The molecule has 10 heteroatoms. The number of amides is 2. The van der Waals surface area contributed by atoms with Gasteiger partial charge in [0.25, 0.3) is 11.8 Å². The van der Waals surface area contributed by atoms with Gasteiger partial charge in [0, 0.05) is 47.4 Å². The number of benzene rings is 2. The maximum Gasteiger partial charge on any atom is 0.528 e. The Balaban J connectivity index is 1.36. The van der Waals surface area contributed by atoms with E-state index in [0.717, 1.165) is 40.5 Å². The van der Waals surface area contributed by atoms with Crippen molar-refractivity contribution >= 4 is 50.9 Å². The average Bonchev–Trinajstić information content (AvgIpc) is 3.50. The topological polar surface area (TPSA) is 94.8 Å². The second-order valence-electron chi connectivity index (χ2n) is 13.2. The molecule has 0 radical (unpaired) electrons. The molecular formula is C33H33FN4O5. The highest BCUT2D eigenvalue weighted by Crippen LogP contribution is 2.44. The van der Waals surface area contributed by atoms with Crippen LogP contribution in [0.3, 0.4) is 0 Å². The Kier molecular flexibility index (Phi) is 5.91. The number of carbonyl (C=O) groups is 3. The molecule has 2 amide bonds. The summed E-state index contributed by atoms with van der Waals surface area (Å²) in [4.78, 5) is 44.8. The summed E-state index contributed by atoms with van der Waals surface area (Å²) in [5, 5.41) is 5.50. The zero-order valence-corrected chi connectivity index (χ0v) is 24.8. The van der Waals surface area contributed by atoms with Gasteiger partial charge in [-0.3, -0.25) is 14.9 Å². The SMILES string of the molecule is CC(C)(C)OC(=O)ON1CCn2cc(C3=C(c4cn5c6c(cc(F)cc46)C(C)(C)CC5)C(=O)NC3=O)c3cccc(c32)C1. The Morgan fingerprint density at radius 3 is 2.30 bits per heavy atom. The summed E-state index contributed by atoms with van der Waals surface area (Å²) in [5.41, 5.74) is 4.38. The van der Waals surface area contributed by atoms with E-state index >= 15 is 4.39 Å². The van der Waals surface area contributed by atoms with Crippen molar-refractivity contribution in [3.8, 4) is 0 Å². The van der Waals surface area contributed by atoms with Crippen LogP contribution >= 0.6 is 0 Å². The third kappa shape index (κ3) is 4.43. The summed E-state index contributed by atoms with van der Waals surface area (Å²) in [7, 11) is 0. The lowest BCUT2D eigenvalue weighted by Gasteiger charge is -2.31. The number of aromatic nitrogens is 2. The minimum Gasteiger partial charge on any atom is -0.427 e. The van der Waals surface area contributed by atoms with Crippen LogP contribution in [0.4, 0.5) is 9.18 Å². The highest BCUT2D eigenvalue weighted by molar-refractivity contribution is 6.50. The molecule has 5 heterocycles. The molecule has 0 fully saturated rings. The molecule has 43 heavy (non-hydrogen) atoms. The molecule has 7 rings (SSSR count). The number of carbonyl (C=O) groups excluding carboxylic acids is 3. The van der Waals surface area contributed by atoms with Crippen molar-refractivity contribution in [3.63, 3.8) is 0 Å². The smallest absolute Gasteiger partial charge is 0.427 e. The molecule has 0 saturated heterocycles. The Morgan fingerprint density at radius 1 is 0.930 bits per heavy atom. The number of rotatable bonds is 3. The molecule has 9 nitrogen and oxygen atoms in total. The minimum absolute atomic E-state index is 0.227. The van der Waals surface area contributed by atoms with Gasteiger partial charge in [0.15, 0.2) is 0 Å². The number of ether oxygens (including phenoxy) is 1. The lowest BCUT2D eigenvalue weighted by atomic mass is 9.78. The van der Waals surface area contributed by atoms with Crippen LogP contribution in [0.15, 0.2) is 42.7 Å². The molecule has 2 aromatic carbocycles. The quantitative estimate of drug-likeness (QED) is 0.247. The van der Waals surface area contributed by atoms with Gasteiger partial charge in [-0.05, 0) is 55.9 Å². The normalized spacial score (nSPS) is 18.4. The zero-order chi connectivity index (χ0) is 30.4. The number of halogens is 1. The van der Waals surface area contributed by atoms with E-state index in [0.29, 0.717) is 36.1 Å². The molecule has 0 saturated carbocycles. The van der Waals surface area contributed by atoms with Crippen molar-refractivity contribution in [1.82, 2.24) is 19.5 Å². The summed E-state index contributed by atoms with van der Waals surface area (Å²) >= 11 is 0. The van der Waals surface area contributed by atoms with E-state index in [-0.39, 0.29) is 22.4 Å². The number of aryl methyl sites for hydroxylation is 1. The van der Waals surface area contributed by atoms with Gasteiger partial charge < -0.3 is 18.7 Å². The number of imide groups is 1. The molecule has 0 bridgehead atoms. The van der Waals surface area contributed by atoms with Gasteiger partial charge in [-0.2, -0.15) is 0 Å². The fourth-order valence-electron chi connectivity index (χ4n) is 6.68. The first-order chi connectivity index (χ1) is 20.3. The Hall–Kier alpha value is -4.44. The Labute approximate surface area is 247 Å². The van der Waals surface area contributed by atoms with Gasteiger partial charge in [-0.1, -0.05) is 32.0 Å². The monoisotopic (exact) mass is 584 g/mol. The van der Waals surface area contributed by atoms with E-state index in [2.05, 4.69) is 23.7 Å². The number of nitrogens with one attached hydrogen (secondary N) is 1. The van der Waals surface area contributed by atoms with Gasteiger partial charge >= 0.3 is 6.16 Å². The average molecular weight is 585 g/mol.